The molecule has 214 valence electrons. The van der Waals surface area contributed by atoms with Gasteiger partial charge in [-0.25, -0.2) is 14.4 Å². The molecule has 0 saturated carbocycles. The van der Waals surface area contributed by atoms with Crippen molar-refractivity contribution in [1.82, 2.24) is 20.4 Å². The SMILES string of the molecule is CN(C(=O)NC(C(=O)NC1C(=O)N2C(C(=O)O)=C(COC(N)=O)CS[C@@H]12)c1ccccc1)C(=O)c1ccccc1Cl. The van der Waals surface area contributed by atoms with Crippen LogP contribution < -0.4 is 16.4 Å². The zero-order valence-electron chi connectivity index (χ0n) is 21.4. The van der Waals surface area contributed by atoms with Crippen LogP contribution in [0.4, 0.5) is 9.59 Å². The third kappa shape index (κ3) is 6.12. The summed E-state index contributed by atoms with van der Waals surface area (Å²) >= 11 is 7.25. The second-order valence-electron chi connectivity index (χ2n) is 8.90. The molecule has 1 fully saturated rings. The van der Waals surface area contributed by atoms with Crippen LogP contribution in [0.25, 0.3) is 0 Å². The molecule has 5 N–H and O–H groups in total. The number of aliphatic carboxylic acids is 1. The number of nitrogens with zero attached hydrogens (tertiary/aromatic N) is 2. The van der Waals surface area contributed by atoms with Crippen molar-refractivity contribution in [2.45, 2.75) is 17.5 Å². The number of hydrogen-bond donors (Lipinski definition) is 4. The van der Waals surface area contributed by atoms with E-state index in [1.54, 1.807) is 42.5 Å². The van der Waals surface area contributed by atoms with Crippen LogP contribution in [0.2, 0.25) is 5.02 Å². The van der Waals surface area contributed by atoms with Gasteiger partial charge in [-0.15, -0.1) is 11.8 Å². The molecule has 6 amide bonds. The summed E-state index contributed by atoms with van der Waals surface area (Å²) < 4.78 is 4.71. The molecule has 1 saturated heterocycles. The number of benzene rings is 2. The summed E-state index contributed by atoms with van der Waals surface area (Å²) in [6.07, 6.45) is -1.09. The number of β-lactam (4-membered cyclic amide) rings is 1. The van der Waals surface area contributed by atoms with E-state index in [-0.39, 0.29) is 27.6 Å². The van der Waals surface area contributed by atoms with Crippen LogP contribution in [-0.4, -0.2) is 81.5 Å². The lowest BCUT2D eigenvalue weighted by molar-refractivity contribution is -0.151. The number of amides is 6. The number of carbonyl (C=O) groups is 6. The van der Waals surface area contributed by atoms with E-state index >= 15 is 0 Å². The molecule has 0 aromatic heterocycles. The molecule has 0 radical (unpaired) electrons. The van der Waals surface area contributed by atoms with Crippen molar-refractivity contribution in [3.63, 3.8) is 0 Å². The summed E-state index contributed by atoms with van der Waals surface area (Å²) in [5.74, 6) is -3.46. The normalized spacial score (nSPS) is 18.4. The Bertz CT molecular complexity index is 1450. The van der Waals surface area contributed by atoms with Crippen LogP contribution in [0.15, 0.2) is 65.9 Å². The number of urea groups is 1. The molecule has 15 heteroatoms. The lowest BCUT2D eigenvalue weighted by Gasteiger charge is -2.49. The first-order valence-corrected chi connectivity index (χ1v) is 13.4. The van der Waals surface area contributed by atoms with Gasteiger partial charge in [0.15, 0.2) is 0 Å². The molecule has 2 aliphatic rings. The predicted octanol–water partition coefficient (Wildman–Crippen LogP) is 1.70. The van der Waals surface area contributed by atoms with Gasteiger partial charge in [-0.1, -0.05) is 54.1 Å². The number of carboxylic acids is 1. The topological polar surface area (TPSA) is 188 Å². The molecular weight excluding hydrogens is 578 g/mol. The Hall–Kier alpha value is -4.56. The van der Waals surface area contributed by atoms with Gasteiger partial charge in [0.2, 0.25) is 5.91 Å². The lowest BCUT2D eigenvalue weighted by Crippen LogP contribution is -2.71. The Morgan fingerprint density at radius 1 is 1.15 bits per heavy atom. The molecule has 4 rings (SSSR count). The average molecular weight is 602 g/mol. The quantitative estimate of drug-likeness (QED) is 0.326. The number of nitrogens with one attached hydrogen (secondary N) is 2. The minimum atomic E-state index is -1.41. The van der Waals surface area contributed by atoms with Gasteiger partial charge in [0, 0.05) is 18.4 Å². The maximum absolute atomic E-state index is 13.4. The first kappa shape index (κ1) is 29.4. The van der Waals surface area contributed by atoms with Crippen LogP contribution in [0.1, 0.15) is 22.0 Å². The Labute approximate surface area is 242 Å². The van der Waals surface area contributed by atoms with Crippen LogP contribution in [0, 0.1) is 0 Å². The van der Waals surface area contributed by atoms with Crippen LogP contribution in [0.5, 0.6) is 0 Å². The summed E-state index contributed by atoms with van der Waals surface area (Å²) in [7, 11) is 1.23. The largest absolute Gasteiger partial charge is 0.477 e. The van der Waals surface area contributed by atoms with E-state index in [1.165, 1.54) is 19.2 Å². The van der Waals surface area contributed by atoms with Gasteiger partial charge in [0.05, 0.1) is 10.6 Å². The molecular formula is C26H24ClN5O8S. The molecule has 2 aromatic carbocycles. The van der Waals surface area contributed by atoms with E-state index in [0.717, 1.165) is 21.6 Å². The van der Waals surface area contributed by atoms with E-state index in [9.17, 15) is 33.9 Å². The fourth-order valence-electron chi connectivity index (χ4n) is 4.26. The van der Waals surface area contributed by atoms with Crippen molar-refractivity contribution in [3.05, 3.63) is 82.0 Å². The number of fused-ring (bicyclic) bond motifs is 1. The molecule has 41 heavy (non-hydrogen) atoms. The second kappa shape index (κ2) is 12.3. The molecule has 2 unspecified atom stereocenters. The number of hydrogen-bond acceptors (Lipinski definition) is 8. The number of carbonyl (C=O) groups excluding carboxylic acids is 5. The summed E-state index contributed by atoms with van der Waals surface area (Å²) in [5, 5.41) is 14.2. The van der Waals surface area contributed by atoms with Gasteiger partial charge in [-0.2, -0.15) is 0 Å². The number of ether oxygens (including phenoxy) is 1. The molecule has 2 aromatic rings. The Morgan fingerprint density at radius 3 is 2.44 bits per heavy atom. The van der Waals surface area contributed by atoms with Gasteiger partial charge >= 0.3 is 18.1 Å². The van der Waals surface area contributed by atoms with E-state index < -0.39 is 59.9 Å². The monoisotopic (exact) mass is 601 g/mol. The predicted molar refractivity (Wildman–Crippen MR) is 146 cm³/mol. The van der Waals surface area contributed by atoms with Gasteiger partial charge in [-0.3, -0.25) is 24.2 Å². The summed E-state index contributed by atoms with van der Waals surface area (Å²) in [6, 6.07) is 11.0. The maximum Gasteiger partial charge on any atom is 0.404 e. The lowest BCUT2D eigenvalue weighted by atomic mass is 10.0. The summed E-state index contributed by atoms with van der Waals surface area (Å²) in [6.45, 7) is -0.403. The van der Waals surface area contributed by atoms with Crippen molar-refractivity contribution >= 4 is 59.2 Å². The molecule has 2 heterocycles. The zero-order chi connectivity index (χ0) is 29.8. The van der Waals surface area contributed by atoms with Gasteiger partial charge < -0.3 is 26.2 Å². The highest BCUT2D eigenvalue weighted by atomic mass is 35.5. The fraction of sp³-hybridized carbons (Fsp3) is 0.231. The minimum absolute atomic E-state index is 0.0879. The fourth-order valence-corrected chi connectivity index (χ4v) is 5.81. The smallest absolute Gasteiger partial charge is 0.404 e. The number of rotatable bonds is 8. The molecule has 2 aliphatic heterocycles. The number of primary amides is 1. The zero-order valence-corrected chi connectivity index (χ0v) is 23.0. The highest BCUT2D eigenvalue weighted by molar-refractivity contribution is 8.00. The molecule has 0 spiro atoms. The standard InChI is InChI=1S/C26H24ClN5O8S/c1-31(21(34)15-9-5-6-10-16(15)27)26(39)30-17(13-7-3-2-4-8-13)20(33)29-18-22(35)32-19(24(36)37)14(11-40-25(28)38)12-41-23(18)32/h2-10,17-18,23H,11-12H2,1H3,(H2,28,38)(H,29,33)(H,30,39)(H,36,37)/t17?,18?,23-/m0/s1. The van der Waals surface area contributed by atoms with Crippen molar-refractivity contribution in [2.75, 3.05) is 19.4 Å². The number of carboxylic acid groups (broad SMARTS) is 1. The third-order valence-electron chi connectivity index (χ3n) is 6.31. The Balaban J connectivity index is 1.51. The number of thioether (sulfide) groups is 1. The number of nitrogens with two attached hydrogens (primary N) is 1. The van der Waals surface area contributed by atoms with Gasteiger partial charge in [-0.05, 0) is 17.7 Å². The van der Waals surface area contributed by atoms with Gasteiger partial charge in [0.25, 0.3) is 11.8 Å². The van der Waals surface area contributed by atoms with Gasteiger partial charge in [0.1, 0.15) is 29.8 Å². The molecule has 0 aliphatic carbocycles. The van der Waals surface area contributed by atoms with Crippen molar-refractivity contribution < 1.29 is 38.6 Å². The van der Waals surface area contributed by atoms with E-state index in [4.69, 9.17) is 22.1 Å². The van der Waals surface area contributed by atoms with Crippen LogP contribution in [0.3, 0.4) is 0 Å². The van der Waals surface area contributed by atoms with Crippen LogP contribution in [-0.2, 0) is 19.1 Å². The average Bonchev–Trinajstić information content (AvgIpc) is 2.96. The minimum Gasteiger partial charge on any atom is -0.477 e. The second-order valence-corrected chi connectivity index (χ2v) is 10.4. The Morgan fingerprint density at radius 2 is 1.80 bits per heavy atom. The number of halogens is 1. The number of imide groups is 1. The maximum atomic E-state index is 13.4. The summed E-state index contributed by atoms with van der Waals surface area (Å²) in [5.41, 5.74) is 5.26. The highest BCUT2D eigenvalue weighted by Gasteiger charge is 2.54. The van der Waals surface area contributed by atoms with E-state index in [0.29, 0.717) is 5.56 Å². The Kier molecular flexibility index (Phi) is 8.83. The van der Waals surface area contributed by atoms with Crippen molar-refractivity contribution in [2.24, 2.45) is 5.73 Å². The molecule has 13 nitrogen and oxygen atoms in total. The first-order chi connectivity index (χ1) is 19.5. The van der Waals surface area contributed by atoms with E-state index in [1.807, 2.05) is 0 Å². The van der Waals surface area contributed by atoms with Crippen molar-refractivity contribution in [3.8, 4) is 0 Å². The first-order valence-electron chi connectivity index (χ1n) is 12.0. The molecule has 0 bridgehead atoms. The van der Waals surface area contributed by atoms with Crippen molar-refractivity contribution in [1.29, 1.82) is 0 Å². The summed E-state index contributed by atoms with van der Waals surface area (Å²) in [4.78, 5) is 77.1. The van der Waals surface area contributed by atoms with E-state index in [2.05, 4.69) is 10.6 Å². The highest BCUT2D eigenvalue weighted by Crippen LogP contribution is 2.40. The van der Waals surface area contributed by atoms with Crippen LogP contribution >= 0.6 is 23.4 Å². The third-order valence-corrected chi connectivity index (χ3v) is 7.98. The molecule has 3 atom stereocenters.